The van der Waals surface area contributed by atoms with Crippen LogP contribution < -0.4 is 5.46 Å². The summed E-state index contributed by atoms with van der Waals surface area (Å²) in [4.78, 5) is 16.6. The van der Waals surface area contributed by atoms with Crippen LogP contribution in [0.2, 0.25) is 5.02 Å². The fourth-order valence-corrected chi connectivity index (χ4v) is 3.67. The zero-order chi connectivity index (χ0) is 18.8. The lowest BCUT2D eigenvalue weighted by atomic mass is 9.88. The third-order valence-corrected chi connectivity index (χ3v) is 5.25. The van der Waals surface area contributed by atoms with Gasteiger partial charge in [0, 0.05) is 35.1 Å². The van der Waals surface area contributed by atoms with E-state index in [0.29, 0.717) is 23.7 Å². The number of hydrogen-bond donors (Lipinski definition) is 1. The van der Waals surface area contributed by atoms with Crippen molar-refractivity contribution in [3.05, 3.63) is 64.3 Å². The normalized spacial score (nSPS) is 15.6. The smallest absolute Gasteiger partial charge is 0.168 e. The first-order valence-corrected chi connectivity index (χ1v) is 9.46. The Morgan fingerprint density at radius 3 is 2.59 bits per heavy atom. The quantitative estimate of drug-likeness (QED) is 0.542. The Hall–Kier alpha value is -2.30. The number of nitrogens with one attached hydrogen (secondary N) is 1. The number of aromatic nitrogens is 1. The number of carbonyl (C=O) groups excluding carboxylic acids is 1. The number of ketones is 1. The molecule has 1 aromatic heterocycles. The summed E-state index contributed by atoms with van der Waals surface area (Å²) in [5, 5.41) is 1.61. The average Bonchev–Trinajstić information content (AvgIpc) is 3.05. The van der Waals surface area contributed by atoms with Gasteiger partial charge in [0.1, 0.15) is 7.85 Å². The summed E-state index contributed by atoms with van der Waals surface area (Å²) in [5.74, 6) is 0.170. The van der Waals surface area contributed by atoms with Crippen molar-refractivity contribution in [3.63, 3.8) is 0 Å². The van der Waals surface area contributed by atoms with Crippen molar-refractivity contribution in [2.24, 2.45) is 5.92 Å². The summed E-state index contributed by atoms with van der Waals surface area (Å²) in [6.07, 6.45) is 5.46. The minimum atomic E-state index is -0.00187. The molecule has 0 atom stereocenters. The van der Waals surface area contributed by atoms with Gasteiger partial charge in [0.15, 0.2) is 5.78 Å². The van der Waals surface area contributed by atoms with Crippen LogP contribution >= 0.6 is 11.6 Å². The molecule has 27 heavy (non-hydrogen) atoms. The van der Waals surface area contributed by atoms with Gasteiger partial charge in [-0.2, -0.15) is 0 Å². The highest BCUT2D eigenvalue weighted by Gasteiger charge is 2.27. The molecule has 3 nitrogen and oxygen atoms in total. The zero-order valence-corrected chi connectivity index (χ0v) is 15.6. The molecule has 4 rings (SSSR count). The first-order valence-electron chi connectivity index (χ1n) is 9.08. The van der Waals surface area contributed by atoms with Crippen molar-refractivity contribution < 1.29 is 9.53 Å². The van der Waals surface area contributed by atoms with E-state index in [0.717, 1.165) is 40.6 Å². The summed E-state index contributed by atoms with van der Waals surface area (Å²) in [6, 6.07) is 13.2. The van der Waals surface area contributed by atoms with E-state index in [1.807, 2.05) is 54.6 Å². The maximum absolute atomic E-state index is 13.3. The van der Waals surface area contributed by atoms with Gasteiger partial charge in [-0.15, -0.1) is 0 Å². The highest BCUT2D eigenvalue weighted by atomic mass is 35.5. The molecule has 0 unspecified atom stereocenters. The molecule has 1 aliphatic heterocycles. The molecule has 3 aromatic rings. The molecule has 2 radical (unpaired) electrons. The summed E-state index contributed by atoms with van der Waals surface area (Å²) in [6.45, 7) is 1.28. The molecule has 134 valence electrons. The second-order valence-corrected chi connectivity index (χ2v) is 7.29. The van der Waals surface area contributed by atoms with E-state index in [2.05, 4.69) is 4.98 Å². The molecule has 0 aliphatic carbocycles. The van der Waals surface area contributed by atoms with Gasteiger partial charge in [0.25, 0.3) is 0 Å². The number of carbonyl (C=O) groups is 1. The lowest BCUT2D eigenvalue weighted by molar-refractivity contribution is 0.0546. The zero-order valence-electron chi connectivity index (χ0n) is 14.9. The number of H-pyrrole nitrogens is 1. The summed E-state index contributed by atoms with van der Waals surface area (Å²) >= 11 is 5.95. The van der Waals surface area contributed by atoms with Gasteiger partial charge in [-0.1, -0.05) is 47.4 Å². The summed E-state index contributed by atoms with van der Waals surface area (Å²) < 4.78 is 5.41. The summed E-state index contributed by atoms with van der Waals surface area (Å²) in [7, 11) is 5.93. The van der Waals surface area contributed by atoms with Crippen LogP contribution in [0.25, 0.3) is 23.1 Å². The molecule has 0 spiro atoms. The molecule has 5 heteroatoms. The van der Waals surface area contributed by atoms with Gasteiger partial charge in [0.2, 0.25) is 0 Å². The van der Waals surface area contributed by atoms with Crippen LogP contribution in [-0.4, -0.2) is 31.8 Å². The molecule has 0 amide bonds. The Kier molecular flexibility index (Phi) is 5.19. The number of fused-ring (bicyclic) bond motifs is 1. The predicted octanol–water partition coefficient (Wildman–Crippen LogP) is 4.39. The van der Waals surface area contributed by atoms with Crippen LogP contribution in [-0.2, 0) is 4.74 Å². The van der Waals surface area contributed by atoms with Gasteiger partial charge in [-0.3, -0.25) is 4.79 Å². The van der Waals surface area contributed by atoms with E-state index in [1.54, 1.807) is 0 Å². The molecule has 1 saturated heterocycles. The van der Waals surface area contributed by atoms with Crippen molar-refractivity contribution in [2.75, 3.05) is 13.2 Å². The van der Waals surface area contributed by atoms with Crippen molar-refractivity contribution in [1.29, 1.82) is 0 Å². The van der Waals surface area contributed by atoms with E-state index >= 15 is 0 Å². The van der Waals surface area contributed by atoms with Crippen LogP contribution in [0.3, 0.4) is 0 Å². The highest BCUT2D eigenvalue weighted by Crippen LogP contribution is 2.29. The van der Waals surface area contributed by atoms with E-state index in [1.165, 1.54) is 0 Å². The van der Waals surface area contributed by atoms with Crippen LogP contribution in [0, 0.1) is 5.92 Å². The molecular weight excluding hydrogens is 357 g/mol. The van der Waals surface area contributed by atoms with E-state index in [-0.39, 0.29) is 11.7 Å². The maximum atomic E-state index is 13.3. The number of aromatic amines is 1. The third-order valence-electron chi connectivity index (χ3n) is 5.00. The minimum absolute atomic E-state index is 0.00187. The Morgan fingerprint density at radius 2 is 1.85 bits per heavy atom. The van der Waals surface area contributed by atoms with Crippen LogP contribution in [0.5, 0.6) is 0 Å². The molecule has 1 aliphatic rings. The second-order valence-electron chi connectivity index (χ2n) is 6.85. The maximum Gasteiger partial charge on any atom is 0.168 e. The number of ether oxygens (including phenoxy) is 1. The van der Waals surface area contributed by atoms with Gasteiger partial charge in [-0.25, -0.2) is 0 Å². The molecule has 0 saturated carbocycles. The van der Waals surface area contributed by atoms with Crippen molar-refractivity contribution in [1.82, 2.24) is 4.98 Å². The standard InChI is InChI=1S/C22H19BClNO2/c23-16-4-7-18-20(13-16)25-19(8-3-14-1-5-17(24)6-2-14)21(18)22(26)15-9-11-27-12-10-15/h1-8,13,15,25H,9-12H2/b8-3+. The molecule has 1 N–H and O–H groups in total. The highest BCUT2D eigenvalue weighted by molar-refractivity contribution is 6.33. The summed E-state index contributed by atoms with van der Waals surface area (Å²) in [5.41, 5.74) is 4.11. The van der Waals surface area contributed by atoms with Crippen LogP contribution in [0.15, 0.2) is 42.5 Å². The van der Waals surface area contributed by atoms with Crippen molar-refractivity contribution >= 4 is 53.7 Å². The van der Waals surface area contributed by atoms with Crippen LogP contribution in [0.4, 0.5) is 0 Å². The number of rotatable bonds is 4. The van der Waals surface area contributed by atoms with Gasteiger partial charge in [0.05, 0.1) is 11.3 Å². The van der Waals surface area contributed by atoms with Crippen LogP contribution in [0.1, 0.15) is 34.5 Å². The minimum Gasteiger partial charge on any atom is -0.381 e. The first-order chi connectivity index (χ1) is 13.1. The molecule has 0 bridgehead atoms. The molecule has 2 aromatic carbocycles. The third kappa shape index (κ3) is 3.87. The Balaban J connectivity index is 1.76. The fourth-order valence-electron chi connectivity index (χ4n) is 3.54. The lowest BCUT2D eigenvalue weighted by Gasteiger charge is -2.21. The topological polar surface area (TPSA) is 42.1 Å². The largest absolute Gasteiger partial charge is 0.381 e. The van der Waals surface area contributed by atoms with Crippen molar-refractivity contribution in [3.8, 4) is 0 Å². The van der Waals surface area contributed by atoms with E-state index in [9.17, 15) is 4.79 Å². The van der Waals surface area contributed by atoms with Gasteiger partial charge < -0.3 is 9.72 Å². The monoisotopic (exact) mass is 375 g/mol. The fraction of sp³-hybridized carbons (Fsp3) is 0.227. The molecular formula is C22H19BClNO2. The van der Waals surface area contributed by atoms with Crippen molar-refractivity contribution in [2.45, 2.75) is 12.8 Å². The average molecular weight is 376 g/mol. The molecule has 2 heterocycles. The number of halogens is 1. The lowest BCUT2D eigenvalue weighted by Crippen LogP contribution is -2.23. The molecule has 1 fully saturated rings. The first kappa shape index (κ1) is 18.1. The Labute approximate surface area is 164 Å². The van der Waals surface area contributed by atoms with E-state index in [4.69, 9.17) is 24.2 Å². The van der Waals surface area contributed by atoms with Gasteiger partial charge in [-0.05, 0) is 42.7 Å². The second kappa shape index (κ2) is 7.75. The SMILES string of the molecule is [B]c1ccc2c(C(=O)C3CCOCC3)c(/C=C/c3ccc(Cl)cc3)[nH]c2c1. The van der Waals surface area contributed by atoms with Gasteiger partial charge >= 0.3 is 0 Å². The number of benzene rings is 2. The number of Topliss-reactive ketones (excluding diaryl/α,β-unsaturated/α-hetero) is 1. The Bertz CT molecular complexity index is 1000. The Morgan fingerprint density at radius 1 is 1.11 bits per heavy atom. The van der Waals surface area contributed by atoms with E-state index < -0.39 is 0 Å². The number of hydrogen-bond acceptors (Lipinski definition) is 2. The predicted molar refractivity (Wildman–Crippen MR) is 112 cm³/mol.